The highest BCUT2D eigenvalue weighted by atomic mass is 16.7. The first-order valence-corrected chi connectivity index (χ1v) is 10.8. The van der Waals surface area contributed by atoms with Gasteiger partial charge in [-0.1, -0.05) is 84.9 Å². The Balaban J connectivity index is 1.59. The summed E-state index contributed by atoms with van der Waals surface area (Å²) in [4.78, 5) is 14.4. The highest BCUT2D eigenvalue weighted by Crippen LogP contribution is 2.28. The molecule has 3 aromatic carbocycles. The molecule has 1 aliphatic rings. The zero-order valence-electron chi connectivity index (χ0n) is 18.4. The second kappa shape index (κ2) is 8.30. The summed E-state index contributed by atoms with van der Waals surface area (Å²) in [6.45, 7) is 6.13. The molecule has 6 heteroatoms. The quantitative estimate of drug-likeness (QED) is 0.444. The third-order valence-electron chi connectivity index (χ3n) is 5.83. The van der Waals surface area contributed by atoms with Crippen LogP contribution in [0.2, 0.25) is 0 Å². The monoisotopic (exact) mass is 421 g/mol. The Morgan fingerprint density at radius 1 is 0.688 bits per heavy atom. The summed E-state index contributed by atoms with van der Waals surface area (Å²) in [6, 6.07) is 28.0. The van der Waals surface area contributed by atoms with Gasteiger partial charge in [0.25, 0.3) is 0 Å². The van der Waals surface area contributed by atoms with Gasteiger partial charge in [-0.2, -0.15) is 0 Å². The second-order valence-corrected chi connectivity index (χ2v) is 8.50. The molecule has 4 aromatic rings. The van der Waals surface area contributed by atoms with Crippen LogP contribution in [0, 0.1) is 0 Å². The fourth-order valence-electron chi connectivity index (χ4n) is 3.66. The molecule has 0 saturated carbocycles. The van der Waals surface area contributed by atoms with E-state index in [1.54, 1.807) is 0 Å². The fourth-order valence-corrected chi connectivity index (χ4v) is 3.66. The van der Waals surface area contributed by atoms with Crippen LogP contribution in [0.1, 0.15) is 20.8 Å². The Hall–Kier alpha value is -3.35. The topological polar surface area (TPSA) is 57.1 Å². The van der Waals surface area contributed by atoms with Crippen LogP contribution < -0.4 is 5.46 Å². The van der Waals surface area contributed by atoms with Gasteiger partial charge >= 0.3 is 7.12 Å². The molecule has 0 amide bonds. The average molecular weight is 421 g/mol. The van der Waals surface area contributed by atoms with Gasteiger partial charge in [-0.25, -0.2) is 15.0 Å². The molecule has 0 spiro atoms. The summed E-state index contributed by atoms with van der Waals surface area (Å²) in [7, 11) is -0.413. The van der Waals surface area contributed by atoms with E-state index in [9.17, 15) is 0 Å². The standard InChI is InChI=1S/C26H24BN3O2/c1-18-26(2,3)32-27(31-18)22-16-10-15-21(17-22)25-29-23(19-11-6-4-7-12-19)28-24(30-25)20-13-8-5-9-14-20/h4-18H,1-3H3. The molecule has 1 aliphatic heterocycles. The first kappa shape index (κ1) is 20.6. The first-order valence-electron chi connectivity index (χ1n) is 10.8. The van der Waals surface area contributed by atoms with Gasteiger partial charge in [0, 0.05) is 16.7 Å². The van der Waals surface area contributed by atoms with E-state index in [4.69, 9.17) is 24.3 Å². The lowest BCUT2D eigenvalue weighted by Crippen LogP contribution is -2.34. The van der Waals surface area contributed by atoms with Gasteiger partial charge in [-0.3, -0.25) is 0 Å². The minimum atomic E-state index is -0.413. The zero-order chi connectivity index (χ0) is 22.1. The molecule has 2 heterocycles. The Kier molecular flexibility index (Phi) is 5.33. The molecular weight excluding hydrogens is 397 g/mol. The summed E-state index contributed by atoms with van der Waals surface area (Å²) in [5, 5.41) is 0. The van der Waals surface area contributed by atoms with Crippen LogP contribution in [-0.4, -0.2) is 33.8 Å². The van der Waals surface area contributed by atoms with Crippen LogP contribution in [0.15, 0.2) is 84.9 Å². The van der Waals surface area contributed by atoms with Crippen molar-refractivity contribution in [2.45, 2.75) is 32.5 Å². The van der Waals surface area contributed by atoms with Crippen LogP contribution in [-0.2, 0) is 9.31 Å². The molecule has 1 aromatic heterocycles. The highest BCUT2D eigenvalue weighted by molar-refractivity contribution is 6.62. The maximum atomic E-state index is 6.15. The summed E-state index contributed by atoms with van der Waals surface area (Å²) >= 11 is 0. The molecular formula is C26H24BN3O2. The number of aromatic nitrogens is 3. The molecule has 158 valence electrons. The Morgan fingerprint density at radius 3 is 1.69 bits per heavy atom. The maximum Gasteiger partial charge on any atom is 0.494 e. The third-order valence-corrected chi connectivity index (χ3v) is 5.83. The van der Waals surface area contributed by atoms with Crippen molar-refractivity contribution >= 4 is 12.6 Å². The molecule has 1 unspecified atom stereocenters. The lowest BCUT2D eigenvalue weighted by molar-refractivity contribution is 0.0842. The molecule has 0 radical (unpaired) electrons. The predicted octanol–water partition coefficient (Wildman–Crippen LogP) is 4.78. The lowest BCUT2D eigenvalue weighted by Gasteiger charge is -2.21. The highest BCUT2D eigenvalue weighted by Gasteiger charge is 2.43. The Bertz CT molecular complexity index is 1170. The largest absolute Gasteiger partial charge is 0.494 e. The zero-order valence-corrected chi connectivity index (χ0v) is 18.4. The summed E-state index contributed by atoms with van der Waals surface area (Å²) in [5.74, 6) is 1.90. The van der Waals surface area contributed by atoms with Gasteiger partial charge in [-0.15, -0.1) is 0 Å². The fraction of sp³-hybridized carbons (Fsp3) is 0.192. The van der Waals surface area contributed by atoms with Crippen LogP contribution in [0.5, 0.6) is 0 Å². The van der Waals surface area contributed by atoms with Crippen molar-refractivity contribution in [2.24, 2.45) is 0 Å². The minimum absolute atomic E-state index is 0.00250. The van der Waals surface area contributed by atoms with Gasteiger partial charge in [0.05, 0.1) is 11.7 Å². The molecule has 1 fully saturated rings. The van der Waals surface area contributed by atoms with E-state index in [1.165, 1.54) is 0 Å². The van der Waals surface area contributed by atoms with Crippen molar-refractivity contribution in [3.63, 3.8) is 0 Å². The van der Waals surface area contributed by atoms with Crippen LogP contribution >= 0.6 is 0 Å². The van der Waals surface area contributed by atoms with E-state index in [0.29, 0.717) is 17.5 Å². The minimum Gasteiger partial charge on any atom is -0.402 e. The summed E-state index contributed by atoms with van der Waals surface area (Å²) < 4.78 is 12.2. The number of rotatable bonds is 4. The van der Waals surface area contributed by atoms with Crippen molar-refractivity contribution < 1.29 is 9.31 Å². The van der Waals surface area contributed by atoms with Crippen molar-refractivity contribution in [2.75, 3.05) is 0 Å². The van der Waals surface area contributed by atoms with E-state index >= 15 is 0 Å². The lowest BCUT2D eigenvalue weighted by atomic mass is 9.78. The first-order chi connectivity index (χ1) is 15.5. The van der Waals surface area contributed by atoms with E-state index < -0.39 is 7.12 Å². The molecule has 0 aliphatic carbocycles. The van der Waals surface area contributed by atoms with Crippen molar-refractivity contribution in [1.82, 2.24) is 15.0 Å². The van der Waals surface area contributed by atoms with Gasteiger partial charge in [0.15, 0.2) is 17.5 Å². The van der Waals surface area contributed by atoms with Crippen LogP contribution in [0.25, 0.3) is 34.2 Å². The molecule has 5 rings (SSSR count). The van der Waals surface area contributed by atoms with Gasteiger partial charge in [-0.05, 0) is 26.2 Å². The van der Waals surface area contributed by atoms with E-state index in [2.05, 4.69) is 0 Å². The number of benzene rings is 3. The summed E-state index contributed by atoms with van der Waals surface area (Å²) in [6.07, 6.45) is 0.00250. The van der Waals surface area contributed by atoms with Crippen LogP contribution in [0.3, 0.4) is 0 Å². The van der Waals surface area contributed by atoms with Gasteiger partial charge < -0.3 is 9.31 Å². The molecule has 0 bridgehead atoms. The van der Waals surface area contributed by atoms with Crippen molar-refractivity contribution in [3.8, 4) is 34.2 Å². The van der Waals surface area contributed by atoms with Crippen molar-refractivity contribution in [1.29, 1.82) is 0 Å². The van der Waals surface area contributed by atoms with E-state index in [0.717, 1.165) is 22.2 Å². The SMILES string of the molecule is CC1OB(c2cccc(-c3nc(-c4ccccc4)nc(-c4ccccc4)n3)c2)OC1(C)C. The van der Waals surface area contributed by atoms with Gasteiger partial charge in [0.1, 0.15) is 0 Å². The van der Waals surface area contributed by atoms with Crippen LogP contribution in [0.4, 0.5) is 0 Å². The maximum absolute atomic E-state index is 6.15. The van der Waals surface area contributed by atoms with E-state index in [-0.39, 0.29) is 11.7 Å². The molecule has 1 atom stereocenters. The second-order valence-electron chi connectivity index (χ2n) is 8.50. The number of hydrogen-bond donors (Lipinski definition) is 0. The predicted molar refractivity (Wildman–Crippen MR) is 127 cm³/mol. The Morgan fingerprint density at radius 2 is 1.19 bits per heavy atom. The third kappa shape index (κ3) is 4.07. The number of nitrogens with zero attached hydrogens (tertiary/aromatic N) is 3. The molecule has 1 saturated heterocycles. The summed E-state index contributed by atoms with van der Waals surface area (Å²) in [5.41, 5.74) is 3.39. The molecule has 0 N–H and O–H groups in total. The van der Waals surface area contributed by atoms with E-state index in [1.807, 2.05) is 106 Å². The van der Waals surface area contributed by atoms with Crippen molar-refractivity contribution in [3.05, 3.63) is 84.9 Å². The average Bonchev–Trinajstić information content (AvgIpc) is 3.12. The van der Waals surface area contributed by atoms with Gasteiger partial charge in [0.2, 0.25) is 0 Å². The normalized spacial score (nSPS) is 17.5. The molecule has 32 heavy (non-hydrogen) atoms. The molecule has 5 nitrogen and oxygen atoms in total. The number of hydrogen-bond acceptors (Lipinski definition) is 5. The smallest absolute Gasteiger partial charge is 0.402 e. The Labute approximate surface area is 188 Å².